The molecule has 3 aromatic rings. The summed E-state index contributed by atoms with van der Waals surface area (Å²) in [6.07, 6.45) is 4.90. The first-order valence-corrected chi connectivity index (χ1v) is 9.07. The monoisotopic (exact) mass is 384 g/mol. The van der Waals surface area contributed by atoms with Crippen molar-refractivity contribution in [1.82, 2.24) is 14.5 Å². The average Bonchev–Trinajstić information content (AvgIpc) is 3.03. The third-order valence-corrected chi connectivity index (χ3v) is 4.78. The molecular formula is C19H21FN6O2. The van der Waals surface area contributed by atoms with Crippen molar-refractivity contribution in [3.05, 3.63) is 42.0 Å². The maximum atomic E-state index is 14.1. The summed E-state index contributed by atoms with van der Waals surface area (Å²) in [6, 6.07) is 5.70. The molecule has 2 aromatic heterocycles. The van der Waals surface area contributed by atoms with E-state index >= 15 is 0 Å². The number of rotatable bonds is 6. The van der Waals surface area contributed by atoms with E-state index in [1.54, 1.807) is 13.1 Å². The quantitative estimate of drug-likeness (QED) is 0.602. The summed E-state index contributed by atoms with van der Waals surface area (Å²) in [7, 11) is 1.74. The van der Waals surface area contributed by atoms with Gasteiger partial charge in [-0.15, -0.1) is 0 Å². The topological polar surface area (TPSA) is 107 Å². The van der Waals surface area contributed by atoms with Gasteiger partial charge in [0, 0.05) is 18.8 Å². The molecule has 0 spiro atoms. The van der Waals surface area contributed by atoms with E-state index in [1.807, 2.05) is 6.07 Å². The van der Waals surface area contributed by atoms with Gasteiger partial charge in [-0.3, -0.25) is 0 Å². The minimum absolute atomic E-state index is 0.274. The van der Waals surface area contributed by atoms with Gasteiger partial charge in [0.05, 0.1) is 18.4 Å². The lowest BCUT2D eigenvalue weighted by Gasteiger charge is -2.25. The Balaban J connectivity index is 1.62. The molecule has 1 saturated carbocycles. The van der Waals surface area contributed by atoms with Gasteiger partial charge in [0.1, 0.15) is 23.5 Å². The number of nitrogens with zero attached hydrogens (tertiary/aromatic N) is 3. The molecular weight excluding hydrogens is 363 g/mol. The molecule has 1 aromatic carbocycles. The molecule has 146 valence electrons. The molecule has 0 aliphatic heterocycles. The predicted molar refractivity (Wildman–Crippen MR) is 104 cm³/mol. The van der Waals surface area contributed by atoms with Crippen molar-refractivity contribution in [2.45, 2.75) is 32.0 Å². The number of anilines is 3. The molecule has 8 nitrogen and oxygen atoms in total. The molecule has 4 N–H and O–H groups in total. The van der Waals surface area contributed by atoms with Crippen molar-refractivity contribution < 1.29 is 13.9 Å². The molecule has 1 fully saturated rings. The van der Waals surface area contributed by atoms with E-state index in [2.05, 4.69) is 20.6 Å². The largest absolute Gasteiger partial charge is 0.386 e. The minimum Gasteiger partial charge on any atom is -0.386 e. The highest BCUT2D eigenvalue weighted by atomic mass is 19.1. The molecule has 0 unspecified atom stereocenters. The van der Waals surface area contributed by atoms with E-state index < -0.39 is 6.03 Å². The number of imidazole rings is 1. The maximum Gasteiger partial charge on any atom is 0.325 e. The van der Waals surface area contributed by atoms with Gasteiger partial charge >= 0.3 is 6.03 Å². The number of amides is 1. The second kappa shape index (κ2) is 7.43. The number of pyridine rings is 1. The first kappa shape index (κ1) is 18.2. The van der Waals surface area contributed by atoms with Crippen LogP contribution in [0.4, 0.5) is 26.4 Å². The Labute approximate surface area is 160 Å². The number of halogens is 1. The smallest absolute Gasteiger partial charge is 0.325 e. The predicted octanol–water partition coefficient (Wildman–Crippen LogP) is 3.35. The van der Waals surface area contributed by atoms with Crippen LogP contribution >= 0.6 is 0 Å². The summed E-state index contributed by atoms with van der Waals surface area (Å²) in [4.78, 5) is 20.2. The van der Waals surface area contributed by atoms with Gasteiger partial charge in [-0.2, -0.15) is 0 Å². The van der Waals surface area contributed by atoms with Gasteiger partial charge in [0.2, 0.25) is 0 Å². The van der Waals surface area contributed by atoms with Crippen molar-refractivity contribution in [2.75, 3.05) is 17.7 Å². The highest BCUT2D eigenvalue weighted by Crippen LogP contribution is 2.27. The third-order valence-electron chi connectivity index (χ3n) is 4.78. The van der Waals surface area contributed by atoms with Gasteiger partial charge < -0.3 is 21.1 Å². The highest BCUT2D eigenvalue weighted by Gasteiger charge is 2.18. The molecule has 28 heavy (non-hydrogen) atoms. The number of carbonyl (C=O) groups is 1. The zero-order valence-electron chi connectivity index (χ0n) is 15.4. The number of nitrogens with one attached hydrogen (secondary N) is 2. The first-order valence-electron chi connectivity index (χ1n) is 9.07. The van der Waals surface area contributed by atoms with Crippen molar-refractivity contribution in [2.24, 2.45) is 5.73 Å². The van der Waals surface area contributed by atoms with E-state index in [-0.39, 0.29) is 11.9 Å². The zero-order valence-corrected chi connectivity index (χ0v) is 15.4. The fourth-order valence-electron chi connectivity index (χ4n) is 3.11. The second-order valence-electron chi connectivity index (χ2n) is 6.77. The Hall–Kier alpha value is -3.20. The summed E-state index contributed by atoms with van der Waals surface area (Å²) in [5, 5.41) is 6.10. The Kier molecular flexibility index (Phi) is 4.82. The number of benzene rings is 1. The Bertz CT molecular complexity index is 1030. The van der Waals surface area contributed by atoms with Crippen LogP contribution in [0.2, 0.25) is 0 Å². The molecule has 0 radical (unpaired) electrons. The second-order valence-corrected chi connectivity index (χ2v) is 6.77. The molecule has 0 bridgehead atoms. The Morgan fingerprint density at radius 2 is 2.18 bits per heavy atom. The van der Waals surface area contributed by atoms with Crippen LogP contribution in [0.1, 0.15) is 24.8 Å². The van der Waals surface area contributed by atoms with E-state index in [4.69, 9.17) is 10.5 Å². The first-order chi connectivity index (χ1) is 13.5. The van der Waals surface area contributed by atoms with Crippen molar-refractivity contribution >= 4 is 34.4 Å². The fraction of sp³-hybridized carbons (Fsp3) is 0.316. The normalized spacial score (nSPS) is 14.1. The summed E-state index contributed by atoms with van der Waals surface area (Å²) in [6.45, 7) is 0.361. The number of nitrogens with two attached hydrogens (primary N) is 1. The standard InChI is InChI=1S/C19H21FN6O2/c1-22-15-8-16(25-18-17(15)23-10-26(18)19(21)27)24-13-6-11(5-12(20)7-13)9-28-14-3-2-4-14/h5-8,10,14H,2-4,9H2,1H3,(H2,21,27)(H2,22,24,25). The fourth-order valence-corrected chi connectivity index (χ4v) is 3.11. The SMILES string of the molecule is CNc1cc(Nc2cc(F)cc(COC3CCC3)c2)nc2c1ncn2C(N)=O. The van der Waals surface area contributed by atoms with Gasteiger partial charge in [-0.25, -0.2) is 23.7 Å². The number of hydrogen-bond donors (Lipinski definition) is 3. The van der Waals surface area contributed by atoms with Crippen molar-refractivity contribution in [3.63, 3.8) is 0 Å². The molecule has 1 amide bonds. The number of carbonyl (C=O) groups excluding carboxylic acids is 1. The number of ether oxygens (including phenoxy) is 1. The van der Waals surface area contributed by atoms with Crippen LogP contribution < -0.4 is 16.4 Å². The molecule has 1 aliphatic carbocycles. The summed E-state index contributed by atoms with van der Waals surface area (Å²) >= 11 is 0. The van der Waals surface area contributed by atoms with E-state index in [1.165, 1.54) is 24.9 Å². The molecule has 1 aliphatic rings. The van der Waals surface area contributed by atoms with Crippen LogP contribution in [0.25, 0.3) is 11.2 Å². The van der Waals surface area contributed by atoms with E-state index in [9.17, 15) is 9.18 Å². The lowest BCUT2D eigenvalue weighted by Crippen LogP contribution is -2.21. The van der Waals surface area contributed by atoms with Gasteiger partial charge in [0.15, 0.2) is 5.65 Å². The summed E-state index contributed by atoms with van der Waals surface area (Å²) < 4.78 is 21.0. The number of primary amides is 1. The molecule has 9 heteroatoms. The third kappa shape index (κ3) is 3.61. The Morgan fingerprint density at radius 3 is 2.86 bits per heavy atom. The molecule has 0 atom stereocenters. The zero-order chi connectivity index (χ0) is 19.7. The van der Waals surface area contributed by atoms with Crippen LogP contribution in [0.15, 0.2) is 30.6 Å². The lowest BCUT2D eigenvalue weighted by atomic mass is 9.96. The van der Waals surface area contributed by atoms with Gasteiger partial charge in [-0.1, -0.05) is 0 Å². The van der Waals surface area contributed by atoms with Crippen LogP contribution in [-0.2, 0) is 11.3 Å². The molecule has 0 saturated heterocycles. The number of aromatic nitrogens is 3. The summed E-state index contributed by atoms with van der Waals surface area (Å²) in [5.74, 6) is 0.0608. The minimum atomic E-state index is -0.685. The molecule has 2 heterocycles. The van der Waals surface area contributed by atoms with Gasteiger partial charge in [-0.05, 0) is 43.0 Å². The van der Waals surface area contributed by atoms with Crippen LogP contribution in [-0.4, -0.2) is 33.7 Å². The number of hydrogen-bond acceptors (Lipinski definition) is 6. The van der Waals surface area contributed by atoms with Crippen LogP contribution in [0.3, 0.4) is 0 Å². The van der Waals surface area contributed by atoms with Crippen LogP contribution in [0, 0.1) is 5.82 Å². The average molecular weight is 384 g/mol. The lowest BCUT2D eigenvalue weighted by molar-refractivity contribution is -0.00873. The van der Waals surface area contributed by atoms with Crippen molar-refractivity contribution in [3.8, 4) is 0 Å². The summed E-state index contributed by atoms with van der Waals surface area (Å²) in [5.41, 5.74) is 8.14. The molecule has 4 rings (SSSR count). The Morgan fingerprint density at radius 1 is 1.36 bits per heavy atom. The van der Waals surface area contributed by atoms with E-state index in [0.29, 0.717) is 35.0 Å². The van der Waals surface area contributed by atoms with Crippen LogP contribution in [0.5, 0.6) is 0 Å². The number of fused-ring (bicyclic) bond motifs is 1. The maximum absolute atomic E-state index is 14.1. The van der Waals surface area contributed by atoms with Gasteiger partial charge in [0.25, 0.3) is 0 Å². The van der Waals surface area contributed by atoms with Crippen molar-refractivity contribution in [1.29, 1.82) is 0 Å². The van der Waals surface area contributed by atoms with E-state index in [0.717, 1.165) is 23.0 Å². The highest BCUT2D eigenvalue weighted by molar-refractivity contribution is 5.94.